The van der Waals surface area contributed by atoms with Crippen molar-refractivity contribution in [1.82, 2.24) is 5.32 Å². The zero-order chi connectivity index (χ0) is 13.5. The van der Waals surface area contributed by atoms with Crippen molar-refractivity contribution in [3.05, 3.63) is 0 Å². The van der Waals surface area contributed by atoms with Crippen LogP contribution in [0.4, 0.5) is 0 Å². The van der Waals surface area contributed by atoms with E-state index in [0.717, 1.165) is 19.3 Å². The lowest BCUT2D eigenvalue weighted by atomic mass is 9.78. The predicted molar refractivity (Wildman–Crippen MR) is 67.2 cm³/mol. The molecule has 0 saturated heterocycles. The van der Waals surface area contributed by atoms with Crippen LogP contribution in [0.15, 0.2) is 0 Å². The molecular formula is C13H23NO4. The number of carbonyl (C=O) groups is 2. The monoisotopic (exact) mass is 257 g/mol. The minimum Gasteiger partial charge on any atom is -0.481 e. The average molecular weight is 257 g/mol. The van der Waals surface area contributed by atoms with Gasteiger partial charge in [0.25, 0.3) is 0 Å². The van der Waals surface area contributed by atoms with E-state index in [9.17, 15) is 9.59 Å². The second-order valence-electron chi connectivity index (χ2n) is 5.03. The molecule has 104 valence electrons. The Morgan fingerprint density at radius 3 is 2.50 bits per heavy atom. The van der Waals surface area contributed by atoms with E-state index in [-0.39, 0.29) is 17.9 Å². The van der Waals surface area contributed by atoms with Crippen LogP contribution in [-0.2, 0) is 14.3 Å². The molecule has 1 aliphatic rings. The van der Waals surface area contributed by atoms with E-state index in [2.05, 4.69) is 5.32 Å². The van der Waals surface area contributed by atoms with E-state index in [1.165, 1.54) is 0 Å². The standard InChI is InChI=1S/C13H23NO4/c1-9(7-8-18-2)14-12(15)10-5-3-4-6-11(10)13(16)17/h9-11H,3-8H2,1-2H3,(H,14,15)(H,16,17). The fraction of sp³-hybridized carbons (Fsp3) is 0.846. The highest BCUT2D eigenvalue weighted by molar-refractivity contribution is 5.85. The topological polar surface area (TPSA) is 75.6 Å². The zero-order valence-corrected chi connectivity index (χ0v) is 11.1. The Morgan fingerprint density at radius 2 is 1.94 bits per heavy atom. The predicted octanol–water partition coefficient (Wildman–Crippen LogP) is 1.42. The summed E-state index contributed by atoms with van der Waals surface area (Å²) < 4.78 is 4.95. The SMILES string of the molecule is COCCC(C)NC(=O)C1CCCCC1C(=O)O. The average Bonchev–Trinajstić information content (AvgIpc) is 2.36. The summed E-state index contributed by atoms with van der Waals surface area (Å²) >= 11 is 0. The molecule has 3 unspecified atom stereocenters. The van der Waals surface area contributed by atoms with Crippen LogP contribution in [0.25, 0.3) is 0 Å². The van der Waals surface area contributed by atoms with Crippen LogP contribution >= 0.6 is 0 Å². The van der Waals surface area contributed by atoms with Crippen LogP contribution in [0.3, 0.4) is 0 Å². The maximum atomic E-state index is 12.1. The molecule has 0 aliphatic heterocycles. The van der Waals surface area contributed by atoms with Gasteiger partial charge in [0.1, 0.15) is 0 Å². The molecule has 5 nitrogen and oxygen atoms in total. The van der Waals surface area contributed by atoms with E-state index in [1.807, 2.05) is 6.92 Å². The van der Waals surface area contributed by atoms with Crippen LogP contribution < -0.4 is 5.32 Å². The Kier molecular flexibility index (Phi) is 6.12. The van der Waals surface area contributed by atoms with Crippen molar-refractivity contribution in [3.8, 4) is 0 Å². The van der Waals surface area contributed by atoms with Crippen LogP contribution in [0.1, 0.15) is 39.0 Å². The van der Waals surface area contributed by atoms with Gasteiger partial charge in [-0.05, 0) is 26.2 Å². The van der Waals surface area contributed by atoms with E-state index >= 15 is 0 Å². The molecule has 0 spiro atoms. The van der Waals surface area contributed by atoms with Crippen molar-refractivity contribution >= 4 is 11.9 Å². The van der Waals surface area contributed by atoms with E-state index in [4.69, 9.17) is 9.84 Å². The summed E-state index contributed by atoms with van der Waals surface area (Å²) in [5.41, 5.74) is 0. The number of hydrogen-bond donors (Lipinski definition) is 2. The molecule has 3 atom stereocenters. The van der Waals surface area contributed by atoms with Crippen molar-refractivity contribution in [2.75, 3.05) is 13.7 Å². The molecule has 0 heterocycles. The summed E-state index contributed by atoms with van der Waals surface area (Å²) in [6, 6.07) is 0.0221. The van der Waals surface area contributed by atoms with Crippen molar-refractivity contribution in [2.45, 2.75) is 45.1 Å². The Balaban J connectivity index is 2.50. The number of hydrogen-bond acceptors (Lipinski definition) is 3. The smallest absolute Gasteiger partial charge is 0.307 e. The maximum Gasteiger partial charge on any atom is 0.307 e. The second kappa shape index (κ2) is 7.36. The lowest BCUT2D eigenvalue weighted by Gasteiger charge is -2.28. The molecule has 0 radical (unpaired) electrons. The largest absolute Gasteiger partial charge is 0.481 e. The highest BCUT2D eigenvalue weighted by Crippen LogP contribution is 2.30. The minimum absolute atomic E-state index is 0.0221. The number of methoxy groups -OCH3 is 1. The Hall–Kier alpha value is -1.10. The molecule has 1 aliphatic carbocycles. The molecule has 0 aromatic heterocycles. The van der Waals surface area contributed by atoms with Gasteiger partial charge in [-0.2, -0.15) is 0 Å². The third kappa shape index (κ3) is 4.29. The number of aliphatic carboxylic acids is 1. The van der Waals surface area contributed by atoms with E-state index < -0.39 is 11.9 Å². The minimum atomic E-state index is -0.848. The van der Waals surface area contributed by atoms with Crippen LogP contribution in [0.2, 0.25) is 0 Å². The fourth-order valence-electron chi connectivity index (χ4n) is 2.46. The van der Waals surface area contributed by atoms with Crippen LogP contribution in [-0.4, -0.2) is 36.7 Å². The van der Waals surface area contributed by atoms with Crippen LogP contribution in [0.5, 0.6) is 0 Å². The lowest BCUT2D eigenvalue weighted by molar-refractivity contribution is -0.149. The van der Waals surface area contributed by atoms with Gasteiger partial charge in [0, 0.05) is 19.8 Å². The lowest BCUT2D eigenvalue weighted by Crippen LogP contribution is -2.43. The maximum absolute atomic E-state index is 12.1. The van der Waals surface area contributed by atoms with Crippen molar-refractivity contribution in [1.29, 1.82) is 0 Å². The molecule has 1 rings (SSSR count). The van der Waals surface area contributed by atoms with Gasteiger partial charge in [-0.3, -0.25) is 9.59 Å². The number of rotatable bonds is 6. The number of carboxylic acids is 1. The fourth-order valence-corrected chi connectivity index (χ4v) is 2.46. The molecule has 5 heteroatoms. The Labute approximate surface area is 108 Å². The zero-order valence-electron chi connectivity index (χ0n) is 11.1. The first kappa shape index (κ1) is 15.0. The molecule has 1 saturated carbocycles. The molecule has 2 N–H and O–H groups in total. The van der Waals surface area contributed by atoms with Gasteiger partial charge in [0.05, 0.1) is 11.8 Å². The second-order valence-corrected chi connectivity index (χ2v) is 5.03. The number of carbonyl (C=O) groups excluding carboxylic acids is 1. The van der Waals surface area contributed by atoms with Gasteiger partial charge in [-0.15, -0.1) is 0 Å². The number of nitrogens with one attached hydrogen (secondary N) is 1. The summed E-state index contributed by atoms with van der Waals surface area (Å²) in [6.07, 6.45) is 3.88. The molecular weight excluding hydrogens is 234 g/mol. The molecule has 1 amide bonds. The van der Waals surface area contributed by atoms with Crippen molar-refractivity contribution in [2.24, 2.45) is 11.8 Å². The number of amides is 1. The van der Waals surface area contributed by atoms with Gasteiger partial charge in [-0.1, -0.05) is 12.8 Å². The third-order valence-electron chi connectivity index (χ3n) is 3.56. The van der Waals surface area contributed by atoms with E-state index in [1.54, 1.807) is 7.11 Å². The van der Waals surface area contributed by atoms with Gasteiger partial charge in [0.15, 0.2) is 0 Å². The quantitative estimate of drug-likeness (QED) is 0.754. The first-order chi connectivity index (χ1) is 8.56. The Bertz CT molecular complexity index is 293. The van der Waals surface area contributed by atoms with Gasteiger partial charge in [0.2, 0.25) is 5.91 Å². The number of ether oxygens (including phenoxy) is 1. The highest BCUT2D eigenvalue weighted by atomic mass is 16.5. The molecule has 0 aromatic carbocycles. The molecule has 1 fully saturated rings. The van der Waals surface area contributed by atoms with E-state index in [0.29, 0.717) is 19.4 Å². The highest BCUT2D eigenvalue weighted by Gasteiger charge is 2.35. The summed E-state index contributed by atoms with van der Waals surface area (Å²) in [5, 5.41) is 12.0. The summed E-state index contributed by atoms with van der Waals surface area (Å²) in [6.45, 7) is 2.50. The molecule has 0 bridgehead atoms. The summed E-state index contributed by atoms with van der Waals surface area (Å²) in [5.74, 6) is -1.86. The van der Waals surface area contributed by atoms with Crippen LogP contribution in [0, 0.1) is 11.8 Å². The normalized spacial score (nSPS) is 25.4. The van der Waals surface area contributed by atoms with Gasteiger partial charge >= 0.3 is 5.97 Å². The summed E-state index contributed by atoms with van der Waals surface area (Å²) in [7, 11) is 1.62. The van der Waals surface area contributed by atoms with Crippen molar-refractivity contribution < 1.29 is 19.4 Å². The first-order valence-electron chi connectivity index (χ1n) is 6.58. The first-order valence-corrected chi connectivity index (χ1v) is 6.58. The van der Waals surface area contributed by atoms with Crippen molar-refractivity contribution in [3.63, 3.8) is 0 Å². The Morgan fingerprint density at radius 1 is 1.33 bits per heavy atom. The number of carboxylic acid groups (broad SMARTS) is 1. The molecule has 0 aromatic rings. The van der Waals surface area contributed by atoms with Gasteiger partial charge in [-0.25, -0.2) is 0 Å². The summed E-state index contributed by atoms with van der Waals surface area (Å²) in [4.78, 5) is 23.2. The third-order valence-corrected chi connectivity index (χ3v) is 3.56. The molecule has 18 heavy (non-hydrogen) atoms. The van der Waals surface area contributed by atoms with Gasteiger partial charge < -0.3 is 15.2 Å².